The normalized spacial score (nSPS) is 14.4. The van der Waals surface area contributed by atoms with Crippen LogP contribution < -0.4 is 5.73 Å². The molecule has 0 fully saturated rings. The molecule has 0 unspecified atom stereocenters. The summed E-state index contributed by atoms with van der Waals surface area (Å²) in [4.78, 5) is 0. The third-order valence-corrected chi connectivity index (χ3v) is 3.67. The summed E-state index contributed by atoms with van der Waals surface area (Å²) in [6, 6.07) is 21.4. The average Bonchev–Trinajstić information content (AvgIpc) is 2.41. The molecule has 0 spiro atoms. The second kappa shape index (κ2) is 5.83. The Morgan fingerprint density at radius 2 is 1.11 bits per heavy atom. The minimum atomic E-state index is 0.176. The van der Waals surface area contributed by atoms with Crippen LogP contribution in [-0.4, -0.2) is 6.04 Å². The molecular weight excluding hydrogens is 218 g/mol. The fourth-order valence-electron chi connectivity index (χ4n) is 2.42. The molecule has 0 aliphatic carbocycles. The van der Waals surface area contributed by atoms with Gasteiger partial charge in [-0.05, 0) is 24.0 Å². The van der Waals surface area contributed by atoms with E-state index in [2.05, 4.69) is 74.5 Å². The van der Waals surface area contributed by atoms with Gasteiger partial charge in [0.2, 0.25) is 0 Å². The highest BCUT2D eigenvalue weighted by atomic mass is 14.6. The maximum Gasteiger partial charge on any atom is 0.0130 e. The highest BCUT2D eigenvalue weighted by Gasteiger charge is 2.23. The molecule has 0 saturated carbocycles. The first-order valence-electron chi connectivity index (χ1n) is 6.55. The molecular formula is C17H21N. The third-order valence-electron chi connectivity index (χ3n) is 3.67. The zero-order valence-electron chi connectivity index (χ0n) is 11.1. The highest BCUT2D eigenvalue weighted by Crippen LogP contribution is 2.33. The van der Waals surface area contributed by atoms with Gasteiger partial charge in [-0.15, -0.1) is 0 Å². The van der Waals surface area contributed by atoms with Crippen molar-refractivity contribution in [2.24, 2.45) is 11.7 Å². The molecule has 0 heterocycles. The molecule has 2 rings (SSSR count). The van der Waals surface area contributed by atoms with Gasteiger partial charge in [0.15, 0.2) is 0 Å². The van der Waals surface area contributed by atoms with E-state index in [0.717, 1.165) is 0 Å². The van der Waals surface area contributed by atoms with Crippen molar-refractivity contribution in [3.05, 3.63) is 71.8 Å². The molecule has 94 valence electrons. The molecule has 0 aliphatic rings. The Bertz CT molecular complexity index is 422. The van der Waals surface area contributed by atoms with E-state index in [4.69, 9.17) is 5.73 Å². The lowest BCUT2D eigenvalue weighted by atomic mass is 9.79. The van der Waals surface area contributed by atoms with Gasteiger partial charge in [0.05, 0.1) is 0 Å². The number of rotatable bonds is 4. The molecule has 1 heteroatoms. The number of hydrogen-bond acceptors (Lipinski definition) is 1. The van der Waals surface area contributed by atoms with Crippen LogP contribution in [0.1, 0.15) is 30.9 Å². The number of nitrogens with two attached hydrogens (primary N) is 1. The van der Waals surface area contributed by atoms with E-state index in [1.54, 1.807) is 0 Å². The highest BCUT2D eigenvalue weighted by molar-refractivity contribution is 5.33. The van der Waals surface area contributed by atoms with Crippen LogP contribution in [0.4, 0.5) is 0 Å². The van der Waals surface area contributed by atoms with Gasteiger partial charge >= 0.3 is 0 Å². The molecule has 18 heavy (non-hydrogen) atoms. The minimum absolute atomic E-state index is 0.176. The maximum atomic E-state index is 6.11. The van der Waals surface area contributed by atoms with E-state index in [9.17, 15) is 0 Å². The van der Waals surface area contributed by atoms with Crippen LogP contribution >= 0.6 is 0 Å². The summed E-state index contributed by atoms with van der Waals surface area (Å²) in [5, 5.41) is 0. The molecule has 0 amide bonds. The Labute approximate surface area is 110 Å². The van der Waals surface area contributed by atoms with Crippen LogP contribution in [0.3, 0.4) is 0 Å². The summed E-state index contributed by atoms with van der Waals surface area (Å²) in [7, 11) is 0. The van der Waals surface area contributed by atoms with Crippen LogP contribution in [0.15, 0.2) is 60.7 Å². The van der Waals surface area contributed by atoms with E-state index >= 15 is 0 Å². The fraction of sp³-hybridized carbons (Fsp3) is 0.294. The van der Waals surface area contributed by atoms with Gasteiger partial charge in [0, 0.05) is 12.0 Å². The van der Waals surface area contributed by atoms with E-state index in [1.807, 2.05) is 0 Å². The van der Waals surface area contributed by atoms with Crippen LogP contribution in [0.2, 0.25) is 0 Å². The third kappa shape index (κ3) is 2.80. The van der Waals surface area contributed by atoms with Crippen LogP contribution in [0.5, 0.6) is 0 Å². The lowest BCUT2D eigenvalue weighted by molar-refractivity contribution is 0.434. The van der Waals surface area contributed by atoms with Gasteiger partial charge in [0.25, 0.3) is 0 Å². The predicted molar refractivity (Wildman–Crippen MR) is 77.5 cm³/mol. The standard InChI is InChI=1S/C17H21N/c1-13(14(2)18)17(15-9-5-3-6-10-15)16-11-7-4-8-12-16/h3-14,17H,18H2,1-2H3/t13-,14+/m0/s1. The maximum absolute atomic E-state index is 6.11. The van der Waals surface area contributed by atoms with Crippen molar-refractivity contribution in [3.8, 4) is 0 Å². The zero-order valence-corrected chi connectivity index (χ0v) is 11.1. The lowest BCUT2D eigenvalue weighted by Crippen LogP contribution is -2.29. The summed E-state index contributed by atoms with van der Waals surface area (Å²) in [6.45, 7) is 4.32. The van der Waals surface area contributed by atoms with E-state index in [1.165, 1.54) is 11.1 Å². The van der Waals surface area contributed by atoms with Crippen LogP contribution in [-0.2, 0) is 0 Å². The molecule has 0 bridgehead atoms. The molecule has 2 N–H and O–H groups in total. The fourth-order valence-corrected chi connectivity index (χ4v) is 2.42. The van der Waals surface area contributed by atoms with Gasteiger partial charge in [0.1, 0.15) is 0 Å². The van der Waals surface area contributed by atoms with E-state index in [0.29, 0.717) is 11.8 Å². The molecule has 0 radical (unpaired) electrons. The molecule has 2 aromatic rings. The van der Waals surface area contributed by atoms with E-state index < -0.39 is 0 Å². The first kappa shape index (κ1) is 12.8. The topological polar surface area (TPSA) is 26.0 Å². The van der Waals surface area contributed by atoms with Crippen molar-refractivity contribution >= 4 is 0 Å². The SMILES string of the molecule is C[C@H](C(c1ccccc1)c1ccccc1)[C@@H](C)N. The summed E-state index contributed by atoms with van der Waals surface area (Å²) < 4.78 is 0. The largest absolute Gasteiger partial charge is 0.328 e. The Morgan fingerprint density at radius 1 is 0.722 bits per heavy atom. The van der Waals surface area contributed by atoms with Crippen molar-refractivity contribution in [3.63, 3.8) is 0 Å². The number of benzene rings is 2. The Hall–Kier alpha value is -1.60. The van der Waals surface area contributed by atoms with Crippen molar-refractivity contribution in [1.29, 1.82) is 0 Å². The summed E-state index contributed by atoms with van der Waals surface area (Å²) in [5.74, 6) is 0.780. The average molecular weight is 239 g/mol. The van der Waals surface area contributed by atoms with Gasteiger partial charge in [-0.1, -0.05) is 67.6 Å². The first-order valence-corrected chi connectivity index (χ1v) is 6.55. The monoisotopic (exact) mass is 239 g/mol. The molecule has 0 aliphatic heterocycles. The quantitative estimate of drug-likeness (QED) is 0.862. The minimum Gasteiger partial charge on any atom is -0.328 e. The Kier molecular flexibility index (Phi) is 4.16. The van der Waals surface area contributed by atoms with Crippen LogP contribution in [0.25, 0.3) is 0 Å². The first-order chi connectivity index (χ1) is 8.70. The van der Waals surface area contributed by atoms with Crippen molar-refractivity contribution in [1.82, 2.24) is 0 Å². The molecule has 0 aromatic heterocycles. The molecule has 0 saturated heterocycles. The van der Waals surface area contributed by atoms with Gasteiger partial charge < -0.3 is 5.73 Å². The van der Waals surface area contributed by atoms with Crippen molar-refractivity contribution in [2.45, 2.75) is 25.8 Å². The van der Waals surface area contributed by atoms with Gasteiger partial charge in [-0.3, -0.25) is 0 Å². The Morgan fingerprint density at radius 3 is 1.44 bits per heavy atom. The smallest absolute Gasteiger partial charge is 0.0130 e. The molecule has 2 aromatic carbocycles. The van der Waals surface area contributed by atoms with Crippen molar-refractivity contribution in [2.75, 3.05) is 0 Å². The van der Waals surface area contributed by atoms with Gasteiger partial charge in [-0.2, -0.15) is 0 Å². The number of hydrogen-bond donors (Lipinski definition) is 1. The summed E-state index contributed by atoms with van der Waals surface area (Å²) in [5.41, 5.74) is 8.79. The van der Waals surface area contributed by atoms with Crippen LogP contribution in [0, 0.1) is 5.92 Å². The Balaban J connectivity index is 2.42. The summed E-state index contributed by atoms with van der Waals surface area (Å²) >= 11 is 0. The van der Waals surface area contributed by atoms with E-state index in [-0.39, 0.29) is 6.04 Å². The predicted octanol–water partition coefficient (Wildman–Crippen LogP) is 3.80. The second-order valence-corrected chi connectivity index (χ2v) is 5.02. The second-order valence-electron chi connectivity index (χ2n) is 5.02. The summed E-state index contributed by atoms with van der Waals surface area (Å²) in [6.07, 6.45) is 0. The zero-order chi connectivity index (χ0) is 13.0. The van der Waals surface area contributed by atoms with Crippen molar-refractivity contribution < 1.29 is 0 Å². The lowest BCUT2D eigenvalue weighted by Gasteiger charge is -2.28. The molecule has 1 nitrogen and oxygen atoms in total. The molecule has 2 atom stereocenters. The van der Waals surface area contributed by atoms with Gasteiger partial charge in [-0.25, -0.2) is 0 Å².